The average molecular weight is 434 g/mol. The van der Waals surface area contributed by atoms with Crippen molar-refractivity contribution in [3.8, 4) is 0 Å². The number of benzene rings is 2. The molecule has 1 saturated heterocycles. The molecule has 0 aromatic heterocycles. The average Bonchev–Trinajstić information content (AvgIpc) is 2.70. The Balaban J connectivity index is 1.48. The van der Waals surface area contributed by atoms with Crippen molar-refractivity contribution >= 4 is 15.9 Å². The second-order valence-corrected chi connectivity index (χ2v) is 7.88. The minimum atomic E-state index is -0.508. The fourth-order valence-electron chi connectivity index (χ4n) is 3.44. The lowest BCUT2D eigenvalue weighted by Gasteiger charge is -2.34. The molecule has 1 fully saturated rings. The first-order valence-electron chi connectivity index (χ1n) is 9.59. The molecule has 3 rings (SSSR count). The number of halogens is 1. The van der Waals surface area contributed by atoms with Crippen LogP contribution in [0.4, 0.5) is 0 Å². The number of ether oxygens (including phenoxy) is 2. The lowest BCUT2D eigenvalue weighted by Crippen LogP contribution is -2.43. The van der Waals surface area contributed by atoms with Crippen molar-refractivity contribution in [2.75, 3.05) is 32.8 Å². The molecule has 27 heavy (non-hydrogen) atoms. The summed E-state index contributed by atoms with van der Waals surface area (Å²) in [7, 11) is 0. The highest BCUT2D eigenvalue weighted by molar-refractivity contribution is 9.10. The Hall–Kier alpha value is -1.24. The molecule has 3 atom stereocenters. The number of nitrogens with zero attached hydrogens (tertiary/aromatic N) is 1. The third-order valence-corrected chi connectivity index (χ3v) is 5.42. The van der Waals surface area contributed by atoms with Crippen LogP contribution in [0.25, 0.3) is 0 Å². The zero-order chi connectivity index (χ0) is 19.1. The molecule has 0 bridgehead atoms. The normalized spacial score (nSPS) is 20.3. The van der Waals surface area contributed by atoms with Crippen molar-refractivity contribution in [3.05, 3.63) is 70.2 Å². The topological polar surface area (TPSA) is 41.9 Å². The number of aliphatic hydroxyl groups excluding tert-OH is 1. The van der Waals surface area contributed by atoms with Gasteiger partial charge in [-0.25, -0.2) is 0 Å². The van der Waals surface area contributed by atoms with Crippen LogP contribution in [-0.2, 0) is 9.47 Å². The molecule has 1 N–H and O–H groups in total. The van der Waals surface area contributed by atoms with Crippen molar-refractivity contribution in [3.63, 3.8) is 0 Å². The fraction of sp³-hybridized carbons (Fsp3) is 0.455. The summed E-state index contributed by atoms with van der Waals surface area (Å²) in [6.45, 7) is 5.34. The molecule has 0 saturated carbocycles. The smallest absolute Gasteiger partial charge is 0.0952 e. The number of morpholine rings is 1. The van der Waals surface area contributed by atoms with Crippen LogP contribution in [0, 0.1) is 0 Å². The third-order valence-electron chi connectivity index (χ3n) is 4.89. The lowest BCUT2D eigenvalue weighted by atomic mass is 10.1. The molecule has 1 aliphatic rings. The van der Waals surface area contributed by atoms with Crippen molar-refractivity contribution in [1.29, 1.82) is 0 Å². The molecule has 2 aromatic carbocycles. The summed E-state index contributed by atoms with van der Waals surface area (Å²) in [5, 5.41) is 10.5. The van der Waals surface area contributed by atoms with Gasteiger partial charge in [0.2, 0.25) is 0 Å². The molecule has 5 heteroatoms. The van der Waals surface area contributed by atoms with Gasteiger partial charge in [0.15, 0.2) is 0 Å². The van der Waals surface area contributed by atoms with E-state index in [0.717, 1.165) is 29.5 Å². The van der Waals surface area contributed by atoms with E-state index in [1.165, 1.54) is 5.56 Å². The maximum atomic E-state index is 10.5. The van der Waals surface area contributed by atoms with Gasteiger partial charge in [-0.05, 0) is 29.7 Å². The van der Waals surface area contributed by atoms with E-state index in [2.05, 4.69) is 52.0 Å². The van der Waals surface area contributed by atoms with E-state index < -0.39 is 6.10 Å². The monoisotopic (exact) mass is 433 g/mol. The maximum Gasteiger partial charge on any atom is 0.0952 e. The summed E-state index contributed by atoms with van der Waals surface area (Å²) in [6.07, 6.45) is 0.458. The van der Waals surface area contributed by atoms with Crippen LogP contribution in [0.1, 0.15) is 36.7 Å². The van der Waals surface area contributed by atoms with E-state index in [1.54, 1.807) is 0 Å². The van der Waals surface area contributed by atoms with Crippen LogP contribution >= 0.6 is 15.9 Å². The van der Waals surface area contributed by atoms with Crippen molar-refractivity contribution in [2.24, 2.45) is 0 Å². The van der Waals surface area contributed by atoms with Gasteiger partial charge in [0.1, 0.15) is 0 Å². The van der Waals surface area contributed by atoms with Crippen molar-refractivity contribution < 1.29 is 14.6 Å². The van der Waals surface area contributed by atoms with Gasteiger partial charge in [-0.1, -0.05) is 65.3 Å². The van der Waals surface area contributed by atoms with Crippen LogP contribution in [0.2, 0.25) is 0 Å². The highest BCUT2D eigenvalue weighted by atomic mass is 79.9. The van der Waals surface area contributed by atoms with Gasteiger partial charge < -0.3 is 14.6 Å². The Bertz CT molecular complexity index is 680. The summed E-state index contributed by atoms with van der Waals surface area (Å²) < 4.78 is 13.0. The second-order valence-electron chi connectivity index (χ2n) is 6.97. The molecule has 3 unspecified atom stereocenters. The molecular weight excluding hydrogens is 406 g/mol. The molecule has 1 aliphatic heterocycles. The van der Waals surface area contributed by atoms with Gasteiger partial charge in [0.25, 0.3) is 0 Å². The van der Waals surface area contributed by atoms with Gasteiger partial charge >= 0.3 is 0 Å². The number of β-amino-alcohol motifs (C(OH)–C–C–N with tert-alkyl or cyclic N) is 1. The maximum absolute atomic E-state index is 10.5. The Kier molecular flexibility index (Phi) is 7.85. The minimum absolute atomic E-state index is 0.0288. The Labute approximate surface area is 170 Å². The van der Waals surface area contributed by atoms with E-state index in [1.807, 2.05) is 30.3 Å². The van der Waals surface area contributed by atoms with Crippen LogP contribution < -0.4 is 0 Å². The standard InChI is InChI=1S/C22H28BrNO3/c1-2-21(17-6-4-3-5-7-17)27-16-20(25)14-24-12-13-26-22(15-24)18-8-10-19(23)11-9-18/h3-11,20-22,25H,2,12-16H2,1H3. The Morgan fingerprint density at radius 1 is 1.19 bits per heavy atom. The van der Waals surface area contributed by atoms with Crippen LogP contribution in [0.3, 0.4) is 0 Å². The minimum Gasteiger partial charge on any atom is -0.389 e. The third kappa shape index (κ3) is 6.13. The van der Waals surface area contributed by atoms with E-state index in [4.69, 9.17) is 9.47 Å². The van der Waals surface area contributed by atoms with Crippen LogP contribution in [0.15, 0.2) is 59.1 Å². The van der Waals surface area contributed by atoms with E-state index in [0.29, 0.717) is 19.8 Å². The molecule has 4 nitrogen and oxygen atoms in total. The quantitative estimate of drug-likeness (QED) is 0.671. The molecular formula is C22H28BrNO3. The highest BCUT2D eigenvalue weighted by Crippen LogP contribution is 2.24. The molecule has 2 aromatic rings. The van der Waals surface area contributed by atoms with E-state index in [9.17, 15) is 5.11 Å². The number of hydrogen-bond donors (Lipinski definition) is 1. The molecule has 0 aliphatic carbocycles. The first-order chi connectivity index (χ1) is 13.2. The molecule has 0 radical (unpaired) electrons. The second kappa shape index (κ2) is 10.3. The first-order valence-corrected chi connectivity index (χ1v) is 10.4. The zero-order valence-electron chi connectivity index (χ0n) is 15.8. The van der Waals surface area contributed by atoms with Gasteiger partial charge in [0.05, 0.1) is 31.5 Å². The van der Waals surface area contributed by atoms with Gasteiger partial charge in [0, 0.05) is 24.1 Å². The zero-order valence-corrected chi connectivity index (χ0v) is 17.3. The Morgan fingerprint density at radius 3 is 2.63 bits per heavy atom. The highest BCUT2D eigenvalue weighted by Gasteiger charge is 2.24. The summed E-state index contributed by atoms with van der Waals surface area (Å²) in [5.74, 6) is 0. The number of hydrogen-bond acceptors (Lipinski definition) is 4. The largest absolute Gasteiger partial charge is 0.389 e. The lowest BCUT2D eigenvalue weighted by molar-refractivity contribution is -0.0616. The van der Waals surface area contributed by atoms with Crippen LogP contribution in [0.5, 0.6) is 0 Å². The molecule has 0 spiro atoms. The molecule has 1 heterocycles. The van der Waals surface area contributed by atoms with E-state index in [-0.39, 0.29) is 12.2 Å². The Morgan fingerprint density at radius 2 is 1.93 bits per heavy atom. The summed E-state index contributed by atoms with van der Waals surface area (Å²) >= 11 is 3.47. The first kappa shape index (κ1) is 20.5. The van der Waals surface area contributed by atoms with Crippen molar-refractivity contribution in [2.45, 2.75) is 31.7 Å². The molecule has 0 amide bonds. The number of rotatable bonds is 8. The SMILES string of the molecule is CCC(OCC(O)CN1CCOC(c2ccc(Br)cc2)C1)c1ccccc1. The predicted molar refractivity (Wildman–Crippen MR) is 111 cm³/mol. The van der Waals surface area contributed by atoms with Gasteiger partial charge in [-0.2, -0.15) is 0 Å². The molecule has 146 valence electrons. The number of aliphatic hydroxyl groups is 1. The van der Waals surface area contributed by atoms with E-state index >= 15 is 0 Å². The summed E-state index contributed by atoms with van der Waals surface area (Å²) in [6, 6.07) is 18.4. The van der Waals surface area contributed by atoms with Crippen LogP contribution in [-0.4, -0.2) is 49.0 Å². The summed E-state index contributed by atoms with van der Waals surface area (Å²) in [5.41, 5.74) is 2.33. The summed E-state index contributed by atoms with van der Waals surface area (Å²) in [4.78, 5) is 2.26. The fourth-order valence-corrected chi connectivity index (χ4v) is 3.71. The van der Waals surface area contributed by atoms with Gasteiger partial charge in [-0.3, -0.25) is 4.90 Å². The predicted octanol–water partition coefficient (Wildman–Crippen LogP) is 4.35. The van der Waals surface area contributed by atoms with Crippen molar-refractivity contribution in [1.82, 2.24) is 4.90 Å². The van der Waals surface area contributed by atoms with Gasteiger partial charge in [-0.15, -0.1) is 0 Å².